The first kappa shape index (κ1) is 14.4. The number of carbonyl (C=O) groups excluding carboxylic acids is 1. The Morgan fingerprint density at radius 3 is 2.95 bits per heavy atom. The molecule has 1 aliphatic carbocycles. The predicted octanol–water partition coefficient (Wildman–Crippen LogP) is 3.74. The SMILES string of the molecule is CC1CCCCCC1NC(=O)c1cccc2c1NCCC2. The maximum Gasteiger partial charge on any atom is 0.253 e. The molecule has 2 atom stereocenters. The van der Waals surface area contributed by atoms with Crippen LogP contribution in [0, 0.1) is 5.92 Å². The van der Waals surface area contributed by atoms with Crippen molar-refractivity contribution >= 4 is 11.6 Å². The summed E-state index contributed by atoms with van der Waals surface area (Å²) in [4.78, 5) is 12.7. The number of carbonyl (C=O) groups is 1. The molecule has 21 heavy (non-hydrogen) atoms. The number of amides is 1. The van der Waals surface area contributed by atoms with Crippen LogP contribution in [-0.4, -0.2) is 18.5 Å². The van der Waals surface area contributed by atoms with E-state index in [4.69, 9.17) is 0 Å². The maximum atomic E-state index is 12.7. The second-order valence-corrected chi connectivity index (χ2v) is 6.57. The normalized spacial score (nSPS) is 25.4. The van der Waals surface area contributed by atoms with Gasteiger partial charge in [-0.1, -0.05) is 38.3 Å². The Labute approximate surface area is 127 Å². The zero-order chi connectivity index (χ0) is 14.7. The molecule has 1 heterocycles. The quantitative estimate of drug-likeness (QED) is 0.813. The van der Waals surface area contributed by atoms with E-state index in [0.717, 1.165) is 37.1 Å². The molecule has 1 aliphatic heterocycles. The van der Waals surface area contributed by atoms with Crippen molar-refractivity contribution in [1.29, 1.82) is 0 Å². The number of aryl methyl sites for hydroxylation is 1. The minimum Gasteiger partial charge on any atom is -0.384 e. The third-order valence-electron chi connectivity index (χ3n) is 5.00. The number of fused-ring (bicyclic) bond motifs is 1. The van der Waals surface area contributed by atoms with Crippen LogP contribution in [0.2, 0.25) is 0 Å². The van der Waals surface area contributed by atoms with E-state index in [1.54, 1.807) is 0 Å². The fourth-order valence-electron chi connectivity index (χ4n) is 3.65. The first-order valence-corrected chi connectivity index (χ1v) is 8.42. The Hall–Kier alpha value is -1.51. The first-order chi connectivity index (χ1) is 10.3. The molecule has 114 valence electrons. The van der Waals surface area contributed by atoms with Gasteiger partial charge >= 0.3 is 0 Å². The Morgan fingerprint density at radius 2 is 2.05 bits per heavy atom. The van der Waals surface area contributed by atoms with Gasteiger partial charge < -0.3 is 10.6 Å². The van der Waals surface area contributed by atoms with Crippen LogP contribution in [0.1, 0.15) is 61.4 Å². The van der Waals surface area contributed by atoms with Gasteiger partial charge in [0.25, 0.3) is 5.91 Å². The van der Waals surface area contributed by atoms with Crippen molar-refractivity contribution in [3.05, 3.63) is 29.3 Å². The molecule has 3 heteroatoms. The van der Waals surface area contributed by atoms with E-state index in [1.165, 1.54) is 31.2 Å². The molecule has 0 saturated heterocycles. The van der Waals surface area contributed by atoms with Crippen LogP contribution < -0.4 is 10.6 Å². The second kappa shape index (κ2) is 6.50. The summed E-state index contributed by atoms with van der Waals surface area (Å²) >= 11 is 0. The molecule has 2 aliphatic rings. The van der Waals surface area contributed by atoms with Gasteiger partial charge in [0.2, 0.25) is 0 Å². The highest BCUT2D eigenvalue weighted by molar-refractivity contribution is 6.00. The number of rotatable bonds is 2. The highest BCUT2D eigenvalue weighted by Gasteiger charge is 2.24. The average Bonchev–Trinajstić information content (AvgIpc) is 2.71. The van der Waals surface area contributed by atoms with E-state index < -0.39 is 0 Å². The molecular formula is C18H26N2O. The highest BCUT2D eigenvalue weighted by atomic mass is 16.1. The van der Waals surface area contributed by atoms with Gasteiger partial charge in [-0.05, 0) is 43.2 Å². The van der Waals surface area contributed by atoms with E-state index in [0.29, 0.717) is 12.0 Å². The molecule has 3 nitrogen and oxygen atoms in total. The molecule has 3 rings (SSSR count). The highest BCUT2D eigenvalue weighted by Crippen LogP contribution is 2.27. The molecule has 0 spiro atoms. The van der Waals surface area contributed by atoms with Crippen LogP contribution in [0.5, 0.6) is 0 Å². The number of hydrogen-bond acceptors (Lipinski definition) is 2. The largest absolute Gasteiger partial charge is 0.384 e. The fraction of sp³-hybridized carbons (Fsp3) is 0.611. The summed E-state index contributed by atoms with van der Waals surface area (Å²) in [5.74, 6) is 0.684. The Morgan fingerprint density at radius 1 is 1.19 bits per heavy atom. The molecule has 0 bridgehead atoms. The van der Waals surface area contributed by atoms with Crippen LogP contribution in [0.3, 0.4) is 0 Å². The molecule has 1 fully saturated rings. The number of benzene rings is 1. The first-order valence-electron chi connectivity index (χ1n) is 8.42. The third kappa shape index (κ3) is 3.22. The van der Waals surface area contributed by atoms with Crippen LogP contribution >= 0.6 is 0 Å². The van der Waals surface area contributed by atoms with Crippen molar-refractivity contribution < 1.29 is 4.79 Å². The number of nitrogens with one attached hydrogen (secondary N) is 2. The fourth-order valence-corrected chi connectivity index (χ4v) is 3.65. The third-order valence-corrected chi connectivity index (χ3v) is 5.00. The van der Waals surface area contributed by atoms with E-state index in [1.807, 2.05) is 12.1 Å². The van der Waals surface area contributed by atoms with Gasteiger partial charge in [0.15, 0.2) is 0 Å². The summed E-state index contributed by atoms with van der Waals surface area (Å²) in [6, 6.07) is 6.43. The molecule has 2 unspecified atom stereocenters. The summed E-state index contributed by atoms with van der Waals surface area (Å²) in [6.45, 7) is 3.24. The van der Waals surface area contributed by atoms with E-state index in [9.17, 15) is 4.79 Å². The Bertz CT molecular complexity index is 512. The average molecular weight is 286 g/mol. The number of hydrogen-bond donors (Lipinski definition) is 2. The molecule has 1 aromatic carbocycles. The van der Waals surface area contributed by atoms with Gasteiger partial charge in [-0.3, -0.25) is 4.79 Å². The van der Waals surface area contributed by atoms with Crippen molar-refractivity contribution in [2.24, 2.45) is 5.92 Å². The lowest BCUT2D eigenvalue weighted by molar-refractivity contribution is 0.0922. The van der Waals surface area contributed by atoms with E-state index in [2.05, 4.69) is 23.6 Å². The predicted molar refractivity (Wildman–Crippen MR) is 86.8 cm³/mol. The lowest BCUT2D eigenvalue weighted by Gasteiger charge is -2.25. The maximum absolute atomic E-state index is 12.7. The minimum absolute atomic E-state index is 0.0972. The zero-order valence-corrected chi connectivity index (χ0v) is 13.0. The van der Waals surface area contributed by atoms with Crippen molar-refractivity contribution in [2.45, 2.75) is 57.9 Å². The molecule has 1 saturated carbocycles. The van der Waals surface area contributed by atoms with Crippen LogP contribution in [0.4, 0.5) is 5.69 Å². The molecule has 0 aromatic heterocycles. The van der Waals surface area contributed by atoms with Gasteiger partial charge in [-0.15, -0.1) is 0 Å². The summed E-state index contributed by atoms with van der Waals surface area (Å²) in [7, 11) is 0. The van der Waals surface area contributed by atoms with E-state index in [-0.39, 0.29) is 5.91 Å². The summed E-state index contributed by atoms with van der Waals surface area (Å²) < 4.78 is 0. The zero-order valence-electron chi connectivity index (χ0n) is 13.0. The molecule has 1 amide bonds. The monoisotopic (exact) mass is 286 g/mol. The van der Waals surface area contributed by atoms with Gasteiger partial charge in [-0.2, -0.15) is 0 Å². The number of anilines is 1. The molecule has 0 radical (unpaired) electrons. The van der Waals surface area contributed by atoms with Crippen molar-refractivity contribution in [3.8, 4) is 0 Å². The summed E-state index contributed by atoms with van der Waals surface area (Å²) in [5.41, 5.74) is 3.16. The van der Waals surface area contributed by atoms with Gasteiger partial charge in [0.05, 0.1) is 11.3 Å². The van der Waals surface area contributed by atoms with Crippen LogP contribution in [-0.2, 0) is 6.42 Å². The van der Waals surface area contributed by atoms with Crippen LogP contribution in [0.15, 0.2) is 18.2 Å². The minimum atomic E-state index is 0.0972. The standard InChI is InChI=1S/C18H26N2O/c1-13-7-3-2-4-11-16(13)20-18(21)15-10-5-8-14-9-6-12-19-17(14)15/h5,8,10,13,16,19H,2-4,6-7,9,11-12H2,1H3,(H,20,21). The number of para-hydroxylation sites is 1. The van der Waals surface area contributed by atoms with Crippen molar-refractivity contribution in [2.75, 3.05) is 11.9 Å². The molecule has 1 aromatic rings. The van der Waals surface area contributed by atoms with Gasteiger partial charge in [0, 0.05) is 12.6 Å². The van der Waals surface area contributed by atoms with Gasteiger partial charge in [0.1, 0.15) is 0 Å². The topological polar surface area (TPSA) is 41.1 Å². The lowest BCUT2D eigenvalue weighted by atomic mass is 9.95. The van der Waals surface area contributed by atoms with E-state index >= 15 is 0 Å². The van der Waals surface area contributed by atoms with Crippen LogP contribution in [0.25, 0.3) is 0 Å². The molecular weight excluding hydrogens is 260 g/mol. The smallest absolute Gasteiger partial charge is 0.253 e. The summed E-state index contributed by atoms with van der Waals surface area (Å²) in [5, 5.41) is 6.71. The molecule has 2 N–H and O–H groups in total. The second-order valence-electron chi connectivity index (χ2n) is 6.57. The Balaban J connectivity index is 1.76. The van der Waals surface area contributed by atoms with Crippen molar-refractivity contribution in [3.63, 3.8) is 0 Å². The Kier molecular flexibility index (Phi) is 4.47. The van der Waals surface area contributed by atoms with Gasteiger partial charge in [-0.25, -0.2) is 0 Å². The van der Waals surface area contributed by atoms with Crippen molar-refractivity contribution in [1.82, 2.24) is 5.32 Å². The summed E-state index contributed by atoms with van der Waals surface area (Å²) in [6.07, 6.45) is 8.42. The lowest BCUT2D eigenvalue weighted by Crippen LogP contribution is -2.39.